The Morgan fingerprint density at radius 1 is 0.839 bits per heavy atom. The molecule has 0 aliphatic heterocycles. The average molecular weight is 413 g/mol. The summed E-state index contributed by atoms with van der Waals surface area (Å²) in [5.74, 6) is -1.38. The molecule has 0 saturated heterocycles. The van der Waals surface area contributed by atoms with Crippen molar-refractivity contribution in [3.05, 3.63) is 107 Å². The summed E-state index contributed by atoms with van der Waals surface area (Å²) in [6.07, 6.45) is 2.13. The molecular formula is C25H17F2N3O. The summed E-state index contributed by atoms with van der Waals surface area (Å²) in [5.41, 5.74) is 2.23. The van der Waals surface area contributed by atoms with Crippen molar-refractivity contribution in [2.45, 2.75) is 13.0 Å². The van der Waals surface area contributed by atoms with E-state index in [1.807, 2.05) is 36.4 Å². The lowest BCUT2D eigenvalue weighted by Crippen LogP contribution is -2.24. The second-order valence-electron chi connectivity index (χ2n) is 7.35. The molecule has 5 aromatic rings. The van der Waals surface area contributed by atoms with Crippen molar-refractivity contribution in [2.24, 2.45) is 0 Å². The molecule has 0 fully saturated rings. The van der Waals surface area contributed by atoms with Gasteiger partial charge >= 0.3 is 0 Å². The number of aromatic nitrogens is 3. The summed E-state index contributed by atoms with van der Waals surface area (Å²) < 4.78 is 28.9. The number of para-hydroxylation sites is 1. The van der Waals surface area contributed by atoms with Gasteiger partial charge < -0.3 is 0 Å². The predicted octanol–water partition coefficient (Wildman–Crippen LogP) is 5.13. The molecule has 2 aromatic heterocycles. The summed E-state index contributed by atoms with van der Waals surface area (Å²) in [5, 5.41) is 6.34. The van der Waals surface area contributed by atoms with Gasteiger partial charge in [0.2, 0.25) is 0 Å². The monoisotopic (exact) mass is 413 g/mol. The van der Waals surface area contributed by atoms with Gasteiger partial charge in [-0.3, -0.25) is 9.78 Å². The van der Waals surface area contributed by atoms with Gasteiger partial charge in [-0.1, -0.05) is 42.5 Å². The fraction of sp³-hybridized carbons (Fsp3) is 0.0800. The van der Waals surface area contributed by atoms with Crippen LogP contribution in [0.2, 0.25) is 0 Å². The predicted molar refractivity (Wildman–Crippen MR) is 117 cm³/mol. The van der Waals surface area contributed by atoms with Crippen LogP contribution in [0.1, 0.15) is 5.69 Å². The first kappa shape index (κ1) is 19.1. The number of nitrogens with zero attached hydrogens (tertiary/aromatic N) is 3. The fourth-order valence-electron chi connectivity index (χ4n) is 3.81. The SMILES string of the molecule is O=c1c2c(-c3cc(F)cc(F)c3)cccc2cnn1CCc1ccc2ccccc2n1. The first-order valence-electron chi connectivity index (χ1n) is 9.88. The minimum absolute atomic E-state index is 0.307. The maximum Gasteiger partial charge on any atom is 0.275 e. The number of rotatable bonds is 4. The molecule has 152 valence electrons. The van der Waals surface area contributed by atoms with E-state index in [1.54, 1.807) is 24.4 Å². The smallest absolute Gasteiger partial charge is 0.267 e. The number of pyridine rings is 1. The molecule has 0 saturated carbocycles. The van der Waals surface area contributed by atoms with Crippen molar-refractivity contribution in [1.82, 2.24) is 14.8 Å². The topological polar surface area (TPSA) is 47.8 Å². The van der Waals surface area contributed by atoms with Crippen molar-refractivity contribution in [1.29, 1.82) is 0 Å². The molecule has 5 rings (SSSR count). The van der Waals surface area contributed by atoms with Crippen molar-refractivity contribution in [3.8, 4) is 11.1 Å². The minimum Gasteiger partial charge on any atom is -0.267 e. The van der Waals surface area contributed by atoms with Crippen LogP contribution in [0.3, 0.4) is 0 Å². The highest BCUT2D eigenvalue weighted by molar-refractivity contribution is 5.95. The number of benzene rings is 3. The lowest BCUT2D eigenvalue weighted by Gasteiger charge is -2.10. The Hall–Kier alpha value is -3.93. The average Bonchev–Trinajstić information content (AvgIpc) is 2.77. The lowest BCUT2D eigenvalue weighted by atomic mass is 10.00. The van der Waals surface area contributed by atoms with Crippen molar-refractivity contribution in [2.75, 3.05) is 0 Å². The first-order valence-corrected chi connectivity index (χ1v) is 9.88. The van der Waals surface area contributed by atoms with Gasteiger partial charge in [0.25, 0.3) is 5.56 Å². The largest absolute Gasteiger partial charge is 0.275 e. The minimum atomic E-state index is -0.691. The van der Waals surface area contributed by atoms with Gasteiger partial charge in [-0.05, 0) is 35.4 Å². The Kier molecular flexibility index (Phi) is 4.75. The Morgan fingerprint density at radius 3 is 2.45 bits per heavy atom. The molecule has 0 amide bonds. The quantitative estimate of drug-likeness (QED) is 0.410. The van der Waals surface area contributed by atoms with Crippen molar-refractivity contribution < 1.29 is 8.78 Å². The Balaban J connectivity index is 1.54. The van der Waals surface area contributed by atoms with E-state index in [0.29, 0.717) is 34.9 Å². The van der Waals surface area contributed by atoms with Crippen LogP contribution in [-0.2, 0) is 13.0 Å². The number of hydrogen-bond donors (Lipinski definition) is 0. The highest BCUT2D eigenvalue weighted by Gasteiger charge is 2.12. The molecule has 0 spiro atoms. The summed E-state index contributed by atoms with van der Waals surface area (Å²) in [7, 11) is 0. The molecule has 2 heterocycles. The van der Waals surface area contributed by atoms with E-state index in [-0.39, 0.29) is 5.56 Å². The Labute approximate surface area is 176 Å². The molecule has 0 bridgehead atoms. The van der Waals surface area contributed by atoms with E-state index >= 15 is 0 Å². The zero-order valence-electron chi connectivity index (χ0n) is 16.4. The van der Waals surface area contributed by atoms with Gasteiger partial charge in [0, 0.05) is 29.0 Å². The number of hydrogen-bond acceptors (Lipinski definition) is 3. The summed E-state index contributed by atoms with van der Waals surface area (Å²) >= 11 is 0. The molecule has 3 aromatic carbocycles. The zero-order chi connectivity index (χ0) is 21.4. The van der Waals surface area contributed by atoms with Crippen LogP contribution < -0.4 is 5.56 Å². The Morgan fingerprint density at radius 2 is 1.61 bits per heavy atom. The van der Waals surface area contributed by atoms with Gasteiger partial charge in [0.1, 0.15) is 11.6 Å². The molecule has 0 aliphatic rings. The van der Waals surface area contributed by atoms with Gasteiger partial charge in [-0.15, -0.1) is 0 Å². The molecule has 0 atom stereocenters. The van der Waals surface area contributed by atoms with Crippen LogP contribution in [0.15, 0.2) is 83.8 Å². The molecule has 4 nitrogen and oxygen atoms in total. The van der Waals surface area contributed by atoms with Crippen molar-refractivity contribution >= 4 is 21.7 Å². The standard InChI is InChI=1S/C25H17F2N3O/c26-19-12-18(13-20(27)14-19)22-6-3-5-17-15-28-30(25(31)24(17)22)11-10-21-9-8-16-4-1-2-7-23(16)29-21/h1-9,12-15H,10-11H2. The lowest BCUT2D eigenvalue weighted by molar-refractivity contribution is 0.579. The molecule has 0 unspecified atom stereocenters. The second-order valence-corrected chi connectivity index (χ2v) is 7.35. The summed E-state index contributed by atoms with van der Waals surface area (Å²) in [4.78, 5) is 17.9. The van der Waals surface area contributed by atoms with Gasteiger partial charge in [0.15, 0.2) is 0 Å². The van der Waals surface area contributed by atoms with Crippen LogP contribution >= 0.6 is 0 Å². The molecule has 0 N–H and O–H groups in total. The van der Waals surface area contributed by atoms with Crippen LogP contribution in [-0.4, -0.2) is 14.8 Å². The highest BCUT2D eigenvalue weighted by atomic mass is 19.1. The van der Waals surface area contributed by atoms with Gasteiger partial charge in [-0.25, -0.2) is 13.5 Å². The molecule has 31 heavy (non-hydrogen) atoms. The third kappa shape index (κ3) is 3.68. The molecule has 0 radical (unpaired) electrons. The van der Waals surface area contributed by atoms with E-state index < -0.39 is 11.6 Å². The molecule has 0 aliphatic carbocycles. The van der Waals surface area contributed by atoms with Gasteiger partial charge in [-0.2, -0.15) is 5.10 Å². The van der Waals surface area contributed by atoms with E-state index in [9.17, 15) is 13.6 Å². The van der Waals surface area contributed by atoms with E-state index in [1.165, 1.54) is 16.8 Å². The van der Waals surface area contributed by atoms with Crippen LogP contribution in [0.4, 0.5) is 8.78 Å². The van der Waals surface area contributed by atoms with Gasteiger partial charge in [0.05, 0.1) is 23.6 Å². The maximum atomic E-state index is 13.8. The van der Waals surface area contributed by atoms with E-state index in [0.717, 1.165) is 22.7 Å². The molecular weight excluding hydrogens is 396 g/mol. The van der Waals surface area contributed by atoms with E-state index in [4.69, 9.17) is 0 Å². The highest BCUT2D eigenvalue weighted by Crippen LogP contribution is 2.27. The number of halogens is 2. The van der Waals surface area contributed by atoms with Crippen LogP contribution in [0.25, 0.3) is 32.8 Å². The van der Waals surface area contributed by atoms with E-state index in [2.05, 4.69) is 10.1 Å². The number of fused-ring (bicyclic) bond motifs is 2. The van der Waals surface area contributed by atoms with Crippen molar-refractivity contribution in [3.63, 3.8) is 0 Å². The van der Waals surface area contributed by atoms with Crippen LogP contribution in [0, 0.1) is 11.6 Å². The van der Waals surface area contributed by atoms with Crippen LogP contribution in [0.5, 0.6) is 0 Å². The summed E-state index contributed by atoms with van der Waals surface area (Å²) in [6.45, 7) is 0.339. The number of aryl methyl sites for hydroxylation is 2. The summed E-state index contributed by atoms with van der Waals surface area (Å²) in [6, 6.07) is 20.2. The third-order valence-electron chi connectivity index (χ3n) is 5.29. The fourth-order valence-corrected chi connectivity index (χ4v) is 3.81. The third-order valence-corrected chi connectivity index (χ3v) is 5.29. The second kappa shape index (κ2) is 7.72. The molecule has 6 heteroatoms. The normalized spacial score (nSPS) is 11.3. The Bertz CT molecular complexity index is 1470. The maximum absolute atomic E-state index is 13.8. The zero-order valence-corrected chi connectivity index (χ0v) is 16.4. The first-order chi connectivity index (χ1) is 15.1.